The van der Waals surface area contributed by atoms with Gasteiger partial charge < -0.3 is 14.4 Å². The van der Waals surface area contributed by atoms with Gasteiger partial charge in [-0.2, -0.15) is 5.10 Å². The van der Waals surface area contributed by atoms with Gasteiger partial charge in [-0.15, -0.1) is 0 Å². The Hall–Kier alpha value is -3.38. The Morgan fingerprint density at radius 1 is 1.07 bits per heavy atom. The van der Waals surface area contributed by atoms with Gasteiger partial charge in [0.15, 0.2) is 0 Å². The first-order valence-corrected chi connectivity index (χ1v) is 9.45. The normalized spacial score (nSPS) is 12.3. The Bertz CT molecular complexity index is 1240. The molecule has 0 unspecified atom stereocenters. The fourth-order valence-electron chi connectivity index (χ4n) is 3.44. The molecule has 29 heavy (non-hydrogen) atoms. The van der Waals surface area contributed by atoms with Crippen LogP contribution in [0.15, 0.2) is 65.7 Å². The van der Waals surface area contributed by atoms with Crippen LogP contribution in [0.25, 0.3) is 16.8 Å². The number of aliphatic hydroxyl groups excluding tert-OH is 1. The molecule has 0 spiro atoms. The summed E-state index contributed by atoms with van der Waals surface area (Å²) in [5.41, 5.74) is 5.01. The number of aromatic nitrogens is 3. The topological polar surface area (TPSA) is 68.8 Å². The van der Waals surface area contributed by atoms with Gasteiger partial charge >= 0.3 is 0 Å². The summed E-state index contributed by atoms with van der Waals surface area (Å²) in [5.74, 6) is 0.593. The SMILES string of the molecule is COc1ccccc1[C@H](O)Cn1ccn2nc(-c3ccc(C)c(C)c3)cc2c1=O. The lowest BCUT2D eigenvalue weighted by Crippen LogP contribution is -2.24. The van der Waals surface area contributed by atoms with E-state index in [-0.39, 0.29) is 12.1 Å². The number of fused-ring (bicyclic) bond motifs is 1. The lowest BCUT2D eigenvalue weighted by molar-refractivity contribution is 0.151. The third-order valence-electron chi connectivity index (χ3n) is 5.27. The number of ether oxygens (including phenoxy) is 1. The molecule has 2 aromatic heterocycles. The highest BCUT2D eigenvalue weighted by atomic mass is 16.5. The fraction of sp³-hybridized carbons (Fsp3) is 0.217. The molecule has 0 saturated heterocycles. The second-order valence-electron chi connectivity index (χ2n) is 7.17. The summed E-state index contributed by atoms with van der Waals surface area (Å²) in [6, 6.07) is 15.2. The van der Waals surface area contributed by atoms with Crippen molar-refractivity contribution in [3.8, 4) is 17.0 Å². The highest BCUT2D eigenvalue weighted by Gasteiger charge is 2.16. The first-order valence-electron chi connectivity index (χ1n) is 9.45. The number of hydrogen-bond donors (Lipinski definition) is 1. The molecule has 0 amide bonds. The first-order chi connectivity index (χ1) is 14.0. The van der Waals surface area contributed by atoms with Gasteiger partial charge in [0.25, 0.3) is 5.56 Å². The van der Waals surface area contributed by atoms with Crippen molar-refractivity contribution in [2.75, 3.05) is 7.11 Å². The van der Waals surface area contributed by atoms with E-state index in [4.69, 9.17) is 4.74 Å². The number of para-hydroxylation sites is 1. The summed E-state index contributed by atoms with van der Waals surface area (Å²) in [5, 5.41) is 15.2. The van der Waals surface area contributed by atoms with Crippen molar-refractivity contribution in [3.05, 3.63) is 88.0 Å². The number of aryl methyl sites for hydroxylation is 2. The molecule has 1 atom stereocenters. The molecule has 0 aliphatic rings. The minimum atomic E-state index is -0.867. The Balaban J connectivity index is 1.69. The number of nitrogens with zero attached hydrogens (tertiary/aromatic N) is 3. The van der Waals surface area contributed by atoms with Crippen LogP contribution in [0.4, 0.5) is 0 Å². The number of benzene rings is 2. The van der Waals surface area contributed by atoms with Crippen molar-refractivity contribution in [1.82, 2.24) is 14.2 Å². The lowest BCUT2D eigenvalue weighted by atomic mass is 10.0. The van der Waals surface area contributed by atoms with Gasteiger partial charge in [-0.3, -0.25) is 4.79 Å². The number of rotatable bonds is 5. The van der Waals surface area contributed by atoms with Gasteiger partial charge in [0.2, 0.25) is 0 Å². The van der Waals surface area contributed by atoms with Gasteiger partial charge in [-0.05, 0) is 43.2 Å². The van der Waals surface area contributed by atoms with E-state index in [0.29, 0.717) is 16.8 Å². The summed E-state index contributed by atoms with van der Waals surface area (Å²) in [4.78, 5) is 13.0. The predicted octanol–water partition coefficient (Wildman–Crippen LogP) is 3.52. The molecule has 0 aliphatic carbocycles. The van der Waals surface area contributed by atoms with E-state index in [1.165, 1.54) is 15.7 Å². The zero-order valence-corrected chi connectivity index (χ0v) is 16.7. The third kappa shape index (κ3) is 3.54. The van der Waals surface area contributed by atoms with Crippen LogP contribution in [0.5, 0.6) is 5.75 Å². The van der Waals surface area contributed by atoms with Gasteiger partial charge in [0.05, 0.1) is 19.3 Å². The van der Waals surface area contributed by atoms with Crippen molar-refractivity contribution < 1.29 is 9.84 Å². The quantitative estimate of drug-likeness (QED) is 0.567. The van der Waals surface area contributed by atoms with Crippen LogP contribution in [0.3, 0.4) is 0 Å². The molecule has 0 fully saturated rings. The Labute approximate surface area is 168 Å². The molecule has 0 saturated carbocycles. The largest absolute Gasteiger partial charge is 0.496 e. The van der Waals surface area contributed by atoms with Gasteiger partial charge in [0, 0.05) is 23.5 Å². The van der Waals surface area contributed by atoms with Crippen LogP contribution < -0.4 is 10.3 Å². The second kappa shape index (κ2) is 7.56. The molecular formula is C23H23N3O3. The summed E-state index contributed by atoms with van der Waals surface area (Å²) in [7, 11) is 1.56. The van der Waals surface area contributed by atoms with E-state index in [2.05, 4.69) is 31.1 Å². The fourth-order valence-corrected chi connectivity index (χ4v) is 3.44. The monoisotopic (exact) mass is 389 g/mol. The molecule has 0 radical (unpaired) electrons. The van der Waals surface area contributed by atoms with Gasteiger partial charge in [0.1, 0.15) is 17.4 Å². The molecule has 2 heterocycles. The van der Waals surface area contributed by atoms with E-state index < -0.39 is 6.10 Å². The third-order valence-corrected chi connectivity index (χ3v) is 5.27. The number of methoxy groups -OCH3 is 1. The maximum atomic E-state index is 13.0. The molecule has 4 rings (SSSR count). The molecule has 6 nitrogen and oxygen atoms in total. The van der Waals surface area contributed by atoms with Crippen LogP contribution in [0.2, 0.25) is 0 Å². The van der Waals surface area contributed by atoms with Crippen LogP contribution in [0, 0.1) is 13.8 Å². The lowest BCUT2D eigenvalue weighted by Gasteiger charge is -2.16. The van der Waals surface area contributed by atoms with Crippen molar-refractivity contribution in [3.63, 3.8) is 0 Å². The maximum absolute atomic E-state index is 13.0. The average molecular weight is 389 g/mol. The smallest absolute Gasteiger partial charge is 0.276 e. The average Bonchev–Trinajstić information content (AvgIpc) is 3.17. The molecule has 0 aliphatic heterocycles. The standard InChI is InChI=1S/C23H23N3O3/c1-15-8-9-17(12-16(15)2)19-13-20-23(28)25(10-11-26(20)24-19)14-21(27)18-6-4-5-7-22(18)29-3/h4-13,21,27H,14H2,1-3H3/t21-/m1/s1. The Kier molecular flexibility index (Phi) is 4.94. The minimum Gasteiger partial charge on any atom is -0.496 e. The number of hydrogen-bond acceptors (Lipinski definition) is 4. The molecule has 4 aromatic rings. The summed E-state index contributed by atoms with van der Waals surface area (Å²) in [6.45, 7) is 4.25. The van der Waals surface area contributed by atoms with Gasteiger partial charge in [-0.1, -0.05) is 30.3 Å². The zero-order valence-electron chi connectivity index (χ0n) is 16.7. The molecule has 6 heteroatoms. The van der Waals surface area contributed by atoms with E-state index in [9.17, 15) is 9.90 Å². The van der Waals surface area contributed by atoms with Crippen molar-refractivity contribution in [2.24, 2.45) is 0 Å². The van der Waals surface area contributed by atoms with E-state index in [1.807, 2.05) is 18.2 Å². The van der Waals surface area contributed by atoms with Crippen molar-refractivity contribution in [1.29, 1.82) is 0 Å². The minimum absolute atomic E-state index is 0.125. The highest BCUT2D eigenvalue weighted by molar-refractivity contribution is 5.66. The molecule has 1 N–H and O–H groups in total. The Morgan fingerprint density at radius 2 is 1.86 bits per heavy atom. The summed E-state index contributed by atoms with van der Waals surface area (Å²) in [6.07, 6.45) is 2.51. The van der Waals surface area contributed by atoms with Crippen LogP contribution in [0.1, 0.15) is 22.8 Å². The molecule has 2 aromatic carbocycles. The number of aliphatic hydroxyl groups is 1. The van der Waals surface area contributed by atoms with Crippen molar-refractivity contribution in [2.45, 2.75) is 26.5 Å². The Morgan fingerprint density at radius 3 is 2.62 bits per heavy atom. The highest BCUT2D eigenvalue weighted by Crippen LogP contribution is 2.26. The van der Waals surface area contributed by atoms with E-state index in [0.717, 1.165) is 11.3 Å². The summed E-state index contributed by atoms with van der Waals surface area (Å²) < 4.78 is 8.39. The molecule has 148 valence electrons. The second-order valence-corrected chi connectivity index (χ2v) is 7.17. The maximum Gasteiger partial charge on any atom is 0.276 e. The van der Waals surface area contributed by atoms with E-state index >= 15 is 0 Å². The van der Waals surface area contributed by atoms with Crippen molar-refractivity contribution >= 4 is 5.52 Å². The van der Waals surface area contributed by atoms with E-state index in [1.54, 1.807) is 42.2 Å². The predicted molar refractivity (Wildman–Crippen MR) is 112 cm³/mol. The van der Waals surface area contributed by atoms with Crippen LogP contribution >= 0.6 is 0 Å². The van der Waals surface area contributed by atoms with Gasteiger partial charge in [-0.25, -0.2) is 4.52 Å². The van der Waals surface area contributed by atoms with Crippen LogP contribution in [-0.4, -0.2) is 26.4 Å². The zero-order chi connectivity index (χ0) is 20.5. The first kappa shape index (κ1) is 19.0. The molecule has 0 bridgehead atoms. The summed E-state index contributed by atoms with van der Waals surface area (Å²) >= 11 is 0. The molecular weight excluding hydrogens is 366 g/mol. The van der Waals surface area contributed by atoms with Crippen LogP contribution in [-0.2, 0) is 6.54 Å².